The minimum atomic E-state index is -0.891. The molecule has 0 bridgehead atoms. The first-order chi connectivity index (χ1) is 6.92. The van der Waals surface area contributed by atoms with Crippen LogP contribution in [0.1, 0.15) is 25.2 Å². The Morgan fingerprint density at radius 3 is 2.60 bits per heavy atom. The SMILES string of the molecule is Cc1ccc(OCC(C)(C)O)c(CO)n1. The van der Waals surface area contributed by atoms with Gasteiger partial charge in [0, 0.05) is 5.69 Å². The second-order valence-electron chi connectivity index (χ2n) is 4.16. The molecule has 0 unspecified atom stereocenters. The Morgan fingerprint density at radius 1 is 1.40 bits per heavy atom. The van der Waals surface area contributed by atoms with E-state index in [2.05, 4.69) is 4.98 Å². The van der Waals surface area contributed by atoms with Crippen molar-refractivity contribution < 1.29 is 14.9 Å². The van der Waals surface area contributed by atoms with Crippen LogP contribution in [0.25, 0.3) is 0 Å². The molecule has 0 radical (unpaired) electrons. The maximum atomic E-state index is 9.49. The first kappa shape index (κ1) is 11.9. The highest BCUT2D eigenvalue weighted by Crippen LogP contribution is 2.18. The summed E-state index contributed by atoms with van der Waals surface area (Å²) >= 11 is 0. The highest BCUT2D eigenvalue weighted by atomic mass is 16.5. The van der Waals surface area contributed by atoms with Crippen LogP contribution in [-0.2, 0) is 6.61 Å². The van der Waals surface area contributed by atoms with Gasteiger partial charge in [-0.2, -0.15) is 0 Å². The van der Waals surface area contributed by atoms with E-state index in [9.17, 15) is 5.11 Å². The van der Waals surface area contributed by atoms with Crippen molar-refractivity contribution in [1.29, 1.82) is 0 Å². The summed E-state index contributed by atoms with van der Waals surface area (Å²) in [5.41, 5.74) is 0.436. The average molecular weight is 211 g/mol. The van der Waals surface area contributed by atoms with Gasteiger partial charge in [0.15, 0.2) is 0 Å². The van der Waals surface area contributed by atoms with E-state index in [1.165, 1.54) is 0 Å². The van der Waals surface area contributed by atoms with E-state index in [1.54, 1.807) is 26.0 Å². The molecule has 1 aromatic rings. The van der Waals surface area contributed by atoms with E-state index in [4.69, 9.17) is 9.84 Å². The molecular weight excluding hydrogens is 194 g/mol. The summed E-state index contributed by atoms with van der Waals surface area (Å²) in [4.78, 5) is 4.14. The molecule has 1 heterocycles. The molecule has 2 N–H and O–H groups in total. The van der Waals surface area contributed by atoms with Gasteiger partial charge < -0.3 is 14.9 Å². The van der Waals surface area contributed by atoms with E-state index in [-0.39, 0.29) is 13.2 Å². The van der Waals surface area contributed by atoms with E-state index in [0.29, 0.717) is 11.4 Å². The van der Waals surface area contributed by atoms with E-state index >= 15 is 0 Å². The Labute approximate surface area is 89.5 Å². The summed E-state index contributed by atoms with van der Waals surface area (Å²) in [7, 11) is 0. The molecular formula is C11H17NO3. The van der Waals surface area contributed by atoms with E-state index in [0.717, 1.165) is 5.69 Å². The molecule has 4 heteroatoms. The predicted octanol–water partition coefficient (Wildman–Crippen LogP) is 1.03. The lowest BCUT2D eigenvalue weighted by atomic mass is 10.2. The van der Waals surface area contributed by atoms with Crippen molar-refractivity contribution in [2.75, 3.05) is 6.61 Å². The number of aliphatic hydroxyl groups is 2. The highest BCUT2D eigenvalue weighted by molar-refractivity contribution is 5.28. The fraction of sp³-hybridized carbons (Fsp3) is 0.545. The summed E-state index contributed by atoms with van der Waals surface area (Å²) in [5.74, 6) is 0.519. The van der Waals surface area contributed by atoms with Gasteiger partial charge in [-0.1, -0.05) is 0 Å². The number of rotatable bonds is 4. The fourth-order valence-corrected chi connectivity index (χ4v) is 1.10. The molecule has 4 nitrogen and oxygen atoms in total. The zero-order valence-corrected chi connectivity index (χ0v) is 9.32. The maximum absolute atomic E-state index is 9.49. The number of nitrogens with zero attached hydrogens (tertiary/aromatic N) is 1. The molecule has 0 saturated heterocycles. The third-order valence-corrected chi connectivity index (χ3v) is 1.80. The number of aryl methyl sites for hydroxylation is 1. The lowest BCUT2D eigenvalue weighted by molar-refractivity contribution is 0.0275. The van der Waals surface area contributed by atoms with Gasteiger partial charge in [0.25, 0.3) is 0 Å². The normalized spacial score (nSPS) is 11.5. The summed E-state index contributed by atoms with van der Waals surface area (Å²) in [5, 5.41) is 18.6. The monoisotopic (exact) mass is 211 g/mol. The Morgan fingerprint density at radius 2 is 2.07 bits per heavy atom. The summed E-state index contributed by atoms with van der Waals surface area (Å²) in [6.45, 7) is 5.17. The van der Waals surface area contributed by atoms with Crippen molar-refractivity contribution in [1.82, 2.24) is 4.98 Å². The zero-order chi connectivity index (χ0) is 11.5. The summed E-state index contributed by atoms with van der Waals surface area (Å²) in [6.07, 6.45) is 0. The molecule has 1 aromatic heterocycles. The van der Waals surface area contributed by atoms with Crippen molar-refractivity contribution in [3.63, 3.8) is 0 Å². The second kappa shape index (κ2) is 4.59. The van der Waals surface area contributed by atoms with Gasteiger partial charge in [0.1, 0.15) is 18.1 Å². The number of hydrogen-bond acceptors (Lipinski definition) is 4. The molecule has 15 heavy (non-hydrogen) atoms. The Hall–Kier alpha value is -1.13. The van der Waals surface area contributed by atoms with Gasteiger partial charge in [-0.15, -0.1) is 0 Å². The summed E-state index contributed by atoms with van der Waals surface area (Å²) in [6, 6.07) is 3.55. The molecule has 0 saturated carbocycles. The van der Waals surface area contributed by atoms with Crippen LogP contribution < -0.4 is 4.74 Å². The van der Waals surface area contributed by atoms with Crippen LogP contribution in [0.3, 0.4) is 0 Å². The van der Waals surface area contributed by atoms with E-state index < -0.39 is 5.60 Å². The van der Waals surface area contributed by atoms with E-state index in [1.807, 2.05) is 6.92 Å². The Balaban J connectivity index is 2.76. The highest BCUT2D eigenvalue weighted by Gasteiger charge is 2.14. The van der Waals surface area contributed by atoms with Gasteiger partial charge in [-0.05, 0) is 32.9 Å². The molecule has 0 aliphatic rings. The third kappa shape index (κ3) is 3.85. The van der Waals surface area contributed by atoms with Gasteiger partial charge in [0.2, 0.25) is 0 Å². The van der Waals surface area contributed by atoms with Crippen molar-refractivity contribution in [3.8, 4) is 5.75 Å². The molecule has 0 aromatic carbocycles. The second-order valence-corrected chi connectivity index (χ2v) is 4.16. The standard InChI is InChI=1S/C11H17NO3/c1-8-4-5-10(9(6-13)12-8)15-7-11(2,3)14/h4-5,13-14H,6-7H2,1-3H3. The molecule has 0 aliphatic heterocycles. The fourth-order valence-electron chi connectivity index (χ4n) is 1.10. The quantitative estimate of drug-likeness (QED) is 0.781. The molecule has 84 valence electrons. The van der Waals surface area contributed by atoms with Gasteiger partial charge in [0.05, 0.1) is 12.2 Å². The smallest absolute Gasteiger partial charge is 0.143 e. The van der Waals surface area contributed by atoms with Crippen LogP contribution in [0.15, 0.2) is 12.1 Å². The zero-order valence-electron chi connectivity index (χ0n) is 9.32. The molecule has 1 rings (SSSR count). The topological polar surface area (TPSA) is 62.6 Å². The molecule has 0 spiro atoms. The molecule has 0 aliphatic carbocycles. The number of aliphatic hydroxyl groups excluding tert-OH is 1. The van der Waals surface area contributed by atoms with Gasteiger partial charge in [-0.3, -0.25) is 4.98 Å². The first-order valence-corrected chi connectivity index (χ1v) is 4.85. The lowest BCUT2D eigenvalue weighted by Gasteiger charge is -2.18. The molecule has 0 atom stereocenters. The largest absolute Gasteiger partial charge is 0.489 e. The van der Waals surface area contributed by atoms with Crippen LogP contribution in [0.2, 0.25) is 0 Å². The van der Waals surface area contributed by atoms with Crippen LogP contribution in [0.4, 0.5) is 0 Å². The van der Waals surface area contributed by atoms with Crippen molar-refractivity contribution >= 4 is 0 Å². The minimum absolute atomic E-state index is 0.164. The lowest BCUT2D eigenvalue weighted by Crippen LogP contribution is -2.28. The number of hydrogen-bond donors (Lipinski definition) is 2. The Kier molecular flexibility index (Phi) is 3.66. The van der Waals surface area contributed by atoms with Crippen LogP contribution >= 0.6 is 0 Å². The maximum Gasteiger partial charge on any atom is 0.143 e. The van der Waals surface area contributed by atoms with Crippen LogP contribution in [-0.4, -0.2) is 27.4 Å². The van der Waals surface area contributed by atoms with Crippen LogP contribution in [0, 0.1) is 6.92 Å². The Bertz CT molecular complexity index is 331. The summed E-state index contributed by atoms with van der Waals surface area (Å²) < 4.78 is 5.37. The molecule has 0 fully saturated rings. The van der Waals surface area contributed by atoms with Crippen molar-refractivity contribution in [2.45, 2.75) is 33.0 Å². The number of pyridine rings is 1. The molecule has 0 amide bonds. The minimum Gasteiger partial charge on any atom is -0.489 e. The first-order valence-electron chi connectivity index (χ1n) is 4.85. The number of ether oxygens (including phenoxy) is 1. The predicted molar refractivity (Wildman–Crippen MR) is 56.7 cm³/mol. The van der Waals surface area contributed by atoms with Crippen molar-refractivity contribution in [2.24, 2.45) is 0 Å². The van der Waals surface area contributed by atoms with Crippen molar-refractivity contribution in [3.05, 3.63) is 23.5 Å². The average Bonchev–Trinajstić information content (AvgIpc) is 2.14. The number of aromatic nitrogens is 1. The van der Waals surface area contributed by atoms with Gasteiger partial charge in [-0.25, -0.2) is 0 Å². The third-order valence-electron chi connectivity index (χ3n) is 1.80. The van der Waals surface area contributed by atoms with Crippen LogP contribution in [0.5, 0.6) is 5.75 Å². The van der Waals surface area contributed by atoms with Gasteiger partial charge >= 0.3 is 0 Å².